The highest BCUT2D eigenvalue weighted by Crippen LogP contribution is 2.28. The number of benzene rings is 2. The summed E-state index contributed by atoms with van der Waals surface area (Å²) in [5.41, 5.74) is 6.47. The van der Waals surface area contributed by atoms with Crippen LogP contribution in [0.1, 0.15) is 126 Å². The molecule has 3 atom stereocenters. The maximum absolute atomic E-state index is 15.4. The Morgan fingerprint density at radius 2 is 1.61 bits per heavy atom. The number of halogens is 1. The number of ether oxygens (including phenoxy) is 1. The predicted octanol–water partition coefficient (Wildman–Crippen LogP) is 5.06. The average molecular weight is 1040 g/mol. The summed E-state index contributed by atoms with van der Waals surface area (Å²) in [5, 5.41) is 30.6. The van der Waals surface area contributed by atoms with Gasteiger partial charge in [0.2, 0.25) is 29.1 Å². The average Bonchev–Trinajstić information content (AvgIpc) is 3.98. The van der Waals surface area contributed by atoms with E-state index >= 15 is 4.39 Å². The van der Waals surface area contributed by atoms with Crippen molar-refractivity contribution >= 4 is 64.0 Å². The molecule has 4 heterocycles. The van der Waals surface area contributed by atoms with Crippen molar-refractivity contribution in [1.29, 1.82) is 0 Å². The molecule has 23 heteroatoms. The summed E-state index contributed by atoms with van der Waals surface area (Å²) >= 11 is 0. The fourth-order valence-corrected chi connectivity index (χ4v) is 9.43. The summed E-state index contributed by atoms with van der Waals surface area (Å²) in [6.07, 6.45) is 6.71. The van der Waals surface area contributed by atoms with Gasteiger partial charge in [-0.2, -0.15) is 0 Å². The highest BCUT2D eigenvalue weighted by molar-refractivity contribution is 6.02. The van der Waals surface area contributed by atoms with Gasteiger partial charge >= 0.3 is 18.1 Å². The van der Waals surface area contributed by atoms with Crippen LogP contribution in [0.3, 0.4) is 0 Å². The number of carboxylic acids is 1. The Morgan fingerprint density at radius 1 is 0.907 bits per heavy atom. The number of rotatable bonds is 26. The zero-order valence-corrected chi connectivity index (χ0v) is 43.4. The van der Waals surface area contributed by atoms with Gasteiger partial charge in [-0.1, -0.05) is 51.5 Å². The molecule has 2 saturated heterocycles. The number of fused-ring (bicyclic) bond motifs is 1. The number of urea groups is 1. The molecular formula is C52H71FN12O10. The molecule has 7 N–H and O–H groups in total. The monoisotopic (exact) mass is 1040 g/mol. The Bertz CT molecular complexity index is 2720. The second kappa shape index (κ2) is 26.7. The second-order valence-electron chi connectivity index (χ2n) is 19.8. The molecule has 2 aromatic carbocycles. The van der Waals surface area contributed by atoms with Crippen LogP contribution in [-0.2, 0) is 37.1 Å². The van der Waals surface area contributed by atoms with Gasteiger partial charge < -0.3 is 51.2 Å². The van der Waals surface area contributed by atoms with Crippen molar-refractivity contribution in [2.24, 2.45) is 17.6 Å². The summed E-state index contributed by atoms with van der Waals surface area (Å²) in [5.74, 6) is -2.43. The number of hydrogen-bond donors (Lipinski definition) is 6. The lowest BCUT2D eigenvalue weighted by atomic mass is 9.99. The molecule has 22 nitrogen and oxygen atoms in total. The molecule has 0 spiro atoms. The summed E-state index contributed by atoms with van der Waals surface area (Å²) in [6, 6.07) is 7.44. The Balaban J connectivity index is 1.01. The van der Waals surface area contributed by atoms with E-state index in [1.807, 2.05) is 13.8 Å². The third kappa shape index (κ3) is 15.6. The molecule has 2 unspecified atom stereocenters. The van der Waals surface area contributed by atoms with Crippen molar-refractivity contribution in [3.05, 3.63) is 81.7 Å². The number of aromatic carboxylic acids is 1. The minimum atomic E-state index is -1.39. The first-order valence-corrected chi connectivity index (χ1v) is 25.8. The molecular weight excluding hydrogens is 972 g/mol. The van der Waals surface area contributed by atoms with E-state index in [-0.39, 0.29) is 111 Å². The second-order valence-corrected chi connectivity index (χ2v) is 19.8. The van der Waals surface area contributed by atoms with Gasteiger partial charge in [0.1, 0.15) is 24.0 Å². The van der Waals surface area contributed by atoms with Crippen LogP contribution in [0.25, 0.3) is 10.9 Å². The van der Waals surface area contributed by atoms with Gasteiger partial charge in [-0.05, 0) is 80.7 Å². The number of aryl methyl sites for hydroxylation is 1. The Kier molecular flexibility index (Phi) is 20.2. The molecule has 0 radical (unpaired) electrons. The van der Waals surface area contributed by atoms with Crippen LogP contribution in [0.4, 0.5) is 25.4 Å². The molecule has 2 fully saturated rings. The lowest BCUT2D eigenvalue weighted by molar-refractivity contribution is -0.138. The van der Waals surface area contributed by atoms with Crippen LogP contribution in [0.15, 0.2) is 53.6 Å². The van der Waals surface area contributed by atoms with Crippen molar-refractivity contribution in [1.82, 2.24) is 45.3 Å². The van der Waals surface area contributed by atoms with E-state index in [0.717, 1.165) is 12.5 Å². The Hall–Kier alpha value is -7.43. The number of nitrogens with one attached hydrogen (secondary N) is 4. The number of carbonyl (C=O) groups excluding carboxylic acids is 6. The smallest absolute Gasteiger partial charge is 0.410 e. The highest BCUT2D eigenvalue weighted by atomic mass is 19.1. The van der Waals surface area contributed by atoms with Crippen LogP contribution in [0.2, 0.25) is 0 Å². The summed E-state index contributed by atoms with van der Waals surface area (Å²) in [6.45, 7) is 12.5. The molecule has 75 heavy (non-hydrogen) atoms. The van der Waals surface area contributed by atoms with Gasteiger partial charge in [0, 0.05) is 94.9 Å². The van der Waals surface area contributed by atoms with E-state index in [0.29, 0.717) is 80.1 Å². The number of aromatic nitrogens is 4. The molecule has 2 aliphatic rings. The maximum atomic E-state index is 15.4. The topological polar surface area (TPSA) is 286 Å². The lowest BCUT2D eigenvalue weighted by Gasteiger charge is -2.35. The zero-order chi connectivity index (χ0) is 54.3. The number of nitrogens with zero attached hydrogens (tertiary/aromatic N) is 7. The third-order valence-corrected chi connectivity index (χ3v) is 13.4. The van der Waals surface area contributed by atoms with Crippen molar-refractivity contribution in [3.8, 4) is 0 Å². The van der Waals surface area contributed by atoms with Gasteiger partial charge in [0.05, 0.1) is 29.1 Å². The first-order valence-electron chi connectivity index (χ1n) is 25.8. The van der Waals surface area contributed by atoms with Crippen molar-refractivity contribution in [2.45, 2.75) is 124 Å². The van der Waals surface area contributed by atoms with Gasteiger partial charge in [-0.3, -0.25) is 28.9 Å². The molecule has 2 aliphatic heterocycles. The zero-order valence-electron chi connectivity index (χ0n) is 43.4. The van der Waals surface area contributed by atoms with Crippen molar-refractivity contribution in [3.63, 3.8) is 0 Å². The number of primary amides is 1. The minimum absolute atomic E-state index is 0.0269. The van der Waals surface area contributed by atoms with Gasteiger partial charge in [0.25, 0.3) is 0 Å². The number of hydrogen-bond acceptors (Lipinski definition) is 13. The van der Waals surface area contributed by atoms with Crippen LogP contribution in [0.5, 0.6) is 0 Å². The van der Waals surface area contributed by atoms with E-state index in [4.69, 9.17) is 10.5 Å². The molecule has 6 rings (SSSR count). The molecule has 0 bridgehead atoms. The summed E-state index contributed by atoms with van der Waals surface area (Å²) in [7, 11) is 0. The van der Waals surface area contributed by atoms with Crippen molar-refractivity contribution in [2.75, 3.05) is 56.0 Å². The predicted molar refractivity (Wildman–Crippen MR) is 277 cm³/mol. The Labute approximate surface area is 434 Å². The first kappa shape index (κ1) is 56.9. The number of likely N-dealkylation sites (tertiary alicyclic amines) is 1. The number of pyridine rings is 1. The van der Waals surface area contributed by atoms with Gasteiger partial charge in [-0.25, -0.2) is 23.5 Å². The fraction of sp³-hybridized carbons (Fsp3) is 0.538. The number of carboxylic acid groups (broad SMARTS) is 1. The van der Waals surface area contributed by atoms with Crippen molar-refractivity contribution < 1.29 is 47.8 Å². The largest absolute Gasteiger partial charge is 0.477 e. The maximum Gasteiger partial charge on any atom is 0.410 e. The lowest BCUT2D eigenvalue weighted by Crippen LogP contribution is -2.49. The van der Waals surface area contributed by atoms with Crippen LogP contribution >= 0.6 is 0 Å². The highest BCUT2D eigenvalue weighted by Gasteiger charge is 2.30. The summed E-state index contributed by atoms with van der Waals surface area (Å²) < 4.78 is 24.1. The number of piperazine rings is 1. The number of anilines is 2. The number of nitrogens with two attached hydrogens (primary N) is 1. The molecule has 7 amide bonds. The first-order chi connectivity index (χ1) is 35.8. The normalized spacial score (nSPS) is 15.1. The van der Waals surface area contributed by atoms with Crippen LogP contribution in [0, 0.1) is 17.7 Å². The SMILES string of the molecule is CCn1cc(C(=O)O)c(=O)c2cc(F)c(N3CCN(C(=O)OCc4ccc(NC(=O)C(CCCNC(N)=O)n5cc([C@@H](NCC(CC(C)C)NC(=O)CCCCCN6C(=O)CCC6=O)C(C)C)nn5)cc4)CC3)cc21. The molecule has 4 aromatic rings. The van der Waals surface area contributed by atoms with E-state index < -0.39 is 40.9 Å². The van der Waals surface area contributed by atoms with E-state index in [9.17, 15) is 43.5 Å². The summed E-state index contributed by atoms with van der Waals surface area (Å²) in [4.78, 5) is 104. The van der Waals surface area contributed by atoms with E-state index in [1.165, 1.54) is 26.7 Å². The molecule has 0 saturated carbocycles. The number of unbranched alkanes of at least 4 members (excludes halogenated alkanes) is 2. The van der Waals surface area contributed by atoms with Gasteiger partial charge in [-0.15, -0.1) is 5.10 Å². The molecule has 2 aromatic heterocycles. The van der Waals surface area contributed by atoms with Crippen LogP contribution in [-0.4, -0.2) is 128 Å². The van der Waals surface area contributed by atoms with E-state index in [1.54, 1.807) is 46.9 Å². The Morgan fingerprint density at radius 3 is 2.25 bits per heavy atom. The standard InChI is InChI=1S/C52H71FN12O10/c1-6-61-29-38(50(71)72)48(69)37-26-39(53)43(27-42(37)61)62-21-23-63(24-22-62)52(74)75-31-34-13-15-35(16-14-34)58-49(70)41(11-10-19-55-51(54)73)65-30-40(59-60-65)47(33(4)5)56-28-36(25-32(2)3)57-44(66)12-8-7-9-20-64-45(67)17-18-46(64)68/h13-16,26-27,29-30,32-33,36,41,47,56H,6-12,17-25,28,31H2,1-5H3,(H,57,66)(H,58,70)(H,71,72)(H3,54,55,73)/t36?,41?,47-/m0/s1. The molecule has 0 aliphatic carbocycles. The minimum Gasteiger partial charge on any atom is -0.477 e. The number of imide groups is 1. The molecule has 406 valence electrons. The third-order valence-electron chi connectivity index (χ3n) is 13.4. The van der Waals surface area contributed by atoms with Crippen LogP contribution < -0.4 is 37.3 Å². The quantitative estimate of drug-likeness (QED) is 0.0354. The van der Waals surface area contributed by atoms with E-state index in [2.05, 4.69) is 45.4 Å². The number of amides is 7. The van der Waals surface area contributed by atoms with Gasteiger partial charge in [0.15, 0.2) is 0 Å². The fourth-order valence-electron chi connectivity index (χ4n) is 9.43. The number of carbonyl (C=O) groups is 7.